The third-order valence-corrected chi connectivity index (χ3v) is 1.59. The van der Waals surface area contributed by atoms with Crippen LogP contribution in [0.1, 0.15) is 11.1 Å². The minimum absolute atomic E-state index is 0.130. The minimum Gasteiger partial charge on any atom is -0.507 e. The third kappa shape index (κ3) is 1.95. The summed E-state index contributed by atoms with van der Waals surface area (Å²) in [5.74, 6) is 0.130. The van der Waals surface area contributed by atoms with E-state index in [-0.39, 0.29) is 5.76 Å². The van der Waals surface area contributed by atoms with Gasteiger partial charge < -0.3 is 10.5 Å². The fraction of sp³-hybridized carbons (Fsp3) is 0.100. The van der Waals surface area contributed by atoms with Gasteiger partial charge in [0, 0.05) is 11.8 Å². The standard InChI is InChI=1S/C10H11NO/c1-8-2-4-9(5-3-8)10(12)6-7-11/h2-7,11-12H,1H3/b10-6-,11-7?. The monoisotopic (exact) mass is 161 g/mol. The number of allylic oxidation sites excluding steroid dienone is 1. The summed E-state index contributed by atoms with van der Waals surface area (Å²) in [5.41, 5.74) is 1.89. The average Bonchev–Trinajstić information content (AvgIpc) is 2.06. The van der Waals surface area contributed by atoms with Gasteiger partial charge in [-0.15, -0.1) is 0 Å². The van der Waals surface area contributed by atoms with E-state index in [0.29, 0.717) is 0 Å². The number of aryl methyl sites for hydroxylation is 1. The first-order valence-electron chi connectivity index (χ1n) is 3.71. The lowest BCUT2D eigenvalue weighted by Crippen LogP contribution is -1.82. The summed E-state index contributed by atoms with van der Waals surface area (Å²) in [6.07, 6.45) is 2.42. The van der Waals surface area contributed by atoms with E-state index in [1.54, 1.807) is 0 Å². The molecule has 0 bridgehead atoms. The summed E-state index contributed by atoms with van der Waals surface area (Å²) in [6.45, 7) is 1.99. The van der Waals surface area contributed by atoms with Crippen LogP contribution in [0.15, 0.2) is 30.3 Å². The van der Waals surface area contributed by atoms with Crippen molar-refractivity contribution in [2.24, 2.45) is 0 Å². The van der Waals surface area contributed by atoms with E-state index >= 15 is 0 Å². The Labute approximate surface area is 71.7 Å². The Balaban J connectivity index is 2.97. The highest BCUT2D eigenvalue weighted by molar-refractivity contribution is 5.79. The van der Waals surface area contributed by atoms with E-state index in [0.717, 1.165) is 17.3 Å². The molecule has 0 radical (unpaired) electrons. The third-order valence-electron chi connectivity index (χ3n) is 1.59. The Morgan fingerprint density at radius 1 is 1.33 bits per heavy atom. The van der Waals surface area contributed by atoms with Crippen LogP contribution in [0.3, 0.4) is 0 Å². The van der Waals surface area contributed by atoms with Gasteiger partial charge in [0.05, 0.1) is 0 Å². The largest absolute Gasteiger partial charge is 0.507 e. The van der Waals surface area contributed by atoms with Gasteiger partial charge in [-0.2, -0.15) is 0 Å². The predicted octanol–water partition coefficient (Wildman–Crippen LogP) is 2.54. The molecular weight excluding hydrogens is 150 g/mol. The van der Waals surface area contributed by atoms with Crippen LogP contribution in [-0.4, -0.2) is 11.3 Å². The fourth-order valence-corrected chi connectivity index (χ4v) is 0.899. The van der Waals surface area contributed by atoms with Gasteiger partial charge >= 0.3 is 0 Å². The van der Waals surface area contributed by atoms with Gasteiger partial charge in [-0.05, 0) is 13.0 Å². The quantitative estimate of drug-likeness (QED) is 0.508. The number of aliphatic hydroxyl groups excluding tert-OH is 1. The van der Waals surface area contributed by atoms with Crippen molar-refractivity contribution in [1.29, 1.82) is 5.41 Å². The summed E-state index contributed by atoms with van der Waals surface area (Å²) in [7, 11) is 0. The first-order valence-corrected chi connectivity index (χ1v) is 3.71. The molecular formula is C10H11NO. The average molecular weight is 161 g/mol. The smallest absolute Gasteiger partial charge is 0.124 e. The number of hydrogen-bond donors (Lipinski definition) is 2. The second kappa shape index (κ2) is 3.72. The molecule has 12 heavy (non-hydrogen) atoms. The van der Waals surface area contributed by atoms with Crippen LogP contribution in [0.5, 0.6) is 0 Å². The molecule has 0 saturated carbocycles. The van der Waals surface area contributed by atoms with Gasteiger partial charge in [0.2, 0.25) is 0 Å². The van der Waals surface area contributed by atoms with Crippen LogP contribution in [0.25, 0.3) is 5.76 Å². The van der Waals surface area contributed by atoms with Gasteiger partial charge in [-0.1, -0.05) is 29.8 Å². The fourth-order valence-electron chi connectivity index (χ4n) is 0.899. The second-order valence-electron chi connectivity index (χ2n) is 2.58. The van der Waals surface area contributed by atoms with E-state index in [9.17, 15) is 5.11 Å². The molecule has 0 aliphatic carbocycles. The van der Waals surface area contributed by atoms with E-state index in [2.05, 4.69) is 0 Å². The van der Waals surface area contributed by atoms with Crippen molar-refractivity contribution in [2.75, 3.05) is 0 Å². The van der Waals surface area contributed by atoms with Crippen LogP contribution in [-0.2, 0) is 0 Å². The Hall–Kier alpha value is -1.57. The summed E-state index contributed by atoms with van der Waals surface area (Å²) in [6, 6.07) is 7.49. The maximum atomic E-state index is 9.32. The molecule has 0 aromatic heterocycles. The number of hydrogen-bond acceptors (Lipinski definition) is 2. The van der Waals surface area contributed by atoms with Crippen LogP contribution in [0.2, 0.25) is 0 Å². The normalized spacial score (nSPS) is 11.2. The van der Waals surface area contributed by atoms with Gasteiger partial charge in [-0.25, -0.2) is 0 Å². The molecule has 2 heteroatoms. The summed E-state index contributed by atoms with van der Waals surface area (Å²) >= 11 is 0. The SMILES string of the molecule is Cc1ccc(/C(O)=C/C=N)cc1. The van der Waals surface area contributed by atoms with Crippen molar-refractivity contribution in [1.82, 2.24) is 0 Å². The molecule has 1 aromatic rings. The highest BCUT2D eigenvalue weighted by Gasteiger charge is 1.95. The van der Waals surface area contributed by atoms with E-state index in [1.807, 2.05) is 31.2 Å². The predicted molar refractivity (Wildman–Crippen MR) is 50.6 cm³/mol. The maximum absolute atomic E-state index is 9.32. The molecule has 0 atom stereocenters. The van der Waals surface area contributed by atoms with Crippen molar-refractivity contribution in [3.63, 3.8) is 0 Å². The molecule has 0 amide bonds. The lowest BCUT2D eigenvalue weighted by molar-refractivity contribution is 0.512. The zero-order chi connectivity index (χ0) is 8.97. The number of benzene rings is 1. The van der Waals surface area contributed by atoms with Crippen LogP contribution >= 0.6 is 0 Å². The number of nitrogens with one attached hydrogen (secondary N) is 1. The van der Waals surface area contributed by atoms with Gasteiger partial charge in [0.15, 0.2) is 0 Å². The highest BCUT2D eigenvalue weighted by Crippen LogP contribution is 2.10. The van der Waals surface area contributed by atoms with Gasteiger partial charge in [-0.3, -0.25) is 0 Å². The Bertz CT molecular complexity index is 298. The van der Waals surface area contributed by atoms with Gasteiger partial charge in [0.25, 0.3) is 0 Å². The molecule has 2 N–H and O–H groups in total. The molecule has 0 aliphatic heterocycles. The molecule has 2 nitrogen and oxygen atoms in total. The molecule has 0 heterocycles. The topological polar surface area (TPSA) is 44.1 Å². The van der Waals surface area contributed by atoms with E-state index in [4.69, 9.17) is 5.41 Å². The lowest BCUT2D eigenvalue weighted by Gasteiger charge is -1.98. The summed E-state index contributed by atoms with van der Waals surface area (Å²) in [5, 5.41) is 16.1. The van der Waals surface area contributed by atoms with Crippen LogP contribution in [0, 0.1) is 12.3 Å². The molecule has 1 rings (SSSR count). The summed E-state index contributed by atoms with van der Waals surface area (Å²) < 4.78 is 0. The molecule has 0 aliphatic rings. The molecule has 0 saturated heterocycles. The molecule has 0 spiro atoms. The van der Waals surface area contributed by atoms with Crippen molar-refractivity contribution in [3.8, 4) is 0 Å². The summed E-state index contributed by atoms with van der Waals surface area (Å²) in [4.78, 5) is 0. The minimum atomic E-state index is 0.130. The maximum Gasteiger partial charge on any atom is 0.124 e. The first kappa shape index (κ1) is 8.53. The first-order chi connectivity index (χ1) is 5.74. The van der Waals surface area contributed by atoms with Crippen molar-refractivity contribution in [2.45, 2.75) is 6.92 Å². The number of rotatable bonds is 2. The van der Waals surface area contributed by atoms with E-state index in [1.165, 1.54) is 6.08 Å². The van der Waals surface area contributed by atoms with Crippen molar-refractivity contribution in [3.05, 3.63) is 41.5 Å². The zero-order valence-corrected chi connectivity index (χ0v) is 6.91. The lowest BCUT2D eigenvalue weighted by atomic mass is 10.1. The second-order valence-corrected chi connectivity index (χ2v) is 2.58. The Morgan fingerprint density at radius 2 is 1.92 bits per heavy atom. The Kier molecular flexibility index (Phi) is 2.64. The highest BCUT2D eigenvalue weighted by atomic mass is 16.3. The molecule has 0 unspecified atom stereocenters. The Morgan fingerprint density at radius 3 is 2.42 bits per heavy atom. The van der Waals surface area contributed by atoms with Crippen molar-refractivity contribution >= 4 is 12.0 Å². The van der Waals surface area contributed by atoms with Crippen LogP contribution in [0.4, 0.5) is 0 Å². The molecule has 1 aromatic carbocycles. The molecule has 0 fully saturated rings. The van der Waals surface area contributed by atoms with E-state index < -0.39 is 0 Å². The zero-order valence-electron chi connectivity index (χ0n) is 6.91. The number of aliphatic hydroxyl groups is 1. The molecule has 62 valence electrons. The van der Waals surface area contributed by atoms with Crippen LogP contribution < -0.4 is 0 Å². The van der Waals surface area contributed by atoms with Gasteiger partial charge in [0.1, 0.15) is 5.76 Å². The van der Waals surface area contributed by atoms with Crippen molar-refractivity contribution < 1.29 is 5.11 Å².